The van der Waals surface area contributed by atoms with E-state index < -0.39 is 0 Å². The highest BCUT2D eigenvalue weighted by Gasteiger charge is 2.15. The van der Waals surface area contributed by atoms with Gasteiger partial charge >= 0.3 is 0 Å². The topological polar surface area (TPSA) is 0 Å². The van der Waals surface area contributed by atoms with Gasteiger partial charge in [-0.2, -0.15) is 0 Å². The lowest BCUT2D eigenvalue weighted by atomic mass is 10.0. The average molecular weight is 123 g/mol. The van der Waals surface area contributed by atoms with Gasteiger partial charge in [0.1, 0.15) is 0 Å². The first-order valence-corrected chi connectivity index (χ1v) is 3.91. The van der Waals surface area contributed by atoms with Gasteiger partial charge < -0.3 is 0 Å². The predicted molar refractivity (Wildman–Crippen MR) is 31.1 cm³/mol. The highest BCUT2D eigenvalue weighted by molar-refractivity contribution is 8.21. The van der Waals surface area contributed by atoms with Crippen molar-refractivity contribution in [2.75, 3.05) is 0 Å². The molecule has 0 aliphatic heterocycles. The Balaban J connectivity index is 2.01. The van der Waals surface area contributed by atoms with Gasteiger partial charge in [0.2, 0.25) is 0 Å². The van der Waals surface area contributed by atoms with Crippen molar-refractivity contribution >= 4 is 21.7 Å². The van der Waals surface area contributed by atoms with Gasteiger partial charge in [-0.15, -0.1) is 0 Å². The van der Waals surface area contributed by atoms with Gasteiger partial charge in [-0.05, 0) is 23.5 Å². The van der Waals surface area contributed by atoms with Crippen molar-refractivity contribution in [3.05, 3.63) is 0 Å². The Hall–Kier alpha value is 0.640. The second kappa shape index (κ2) is 2.08. The van der Waals surface area contributed by atoms with Crippen LogP contribution in [0.15, 0.2) is 0 Å². The quantitative estimate of drug-likeness (QED) is 0.515. The van der Waals surface area contributed by atoms with Crippen LogP contribution < -0.4 is 0 Å². The summed E-state index contributed by atoms with van der Waals surface area (Å²) in [6.45, 7) is 0. The zero-order valence-corrected chi connectivity index (χ0v) is 5.06. The molecule has 0 saturated heterocycles. The number of halogens is 1. The van der Waals surface area contributed by atoms with Gasteiger partial charge in [-0.3, -0.25) is 0 Å². The molecular weight excluding hydrogens is 116 g/mol. The second-order valence-electron chi connectivity index (χ2n) is 1.64. The van der Waals surface area contributed by atoms with E-state index in [1.165, 1.54) is 30.2 Å². The predicted octanol–water partition coefficient (Wildman–Crippen LogP) is 2.43. The molecule has 0 heterocycles. The van der Waals surface area contributed by atoms with Crippen LogP contribution in [0.3, 0.4) is 0 Å². The highest BCUT2D eigenvalue weighted by Crippen LogP contribution is 2.33. The van der Waals surface area contributed by atoms with Crippen molar-refractivity contribution in [1.82, 2.24) is 0 Å². The third-order valence-electron chi connectivity index (χ3n) is 1.18. The van der Waals surface area contributed by atoms with Crippen LogP contribution in [0.25, 0.3) is 0 Å². The molecule has 1 saturated carbocycles. The maximum Gasteiger partial charge on any atom is 0.0199 e. The van der Waals surface area contributed by atoms with Crippen LogP contribution in [0.5, 0.6) is 0 Å². The Morgan fingerprint density at radius 1 is 1.50 bits per heavy atom. The molecule has 0 radical (unpaired) electrons. The van der Waals surface area contributed by atoms with Crippen molar-refractivity contribution in [3.8, 4) is 0 Å². The smallest absolute Gasteiger partial charge is 0.0199 e. The number of hydrogen-bond acceptors (Lipinski definition) is 1. The largest absolute Gasteiger partial charge is 0.0524 e. The van der Waals surface area contributed by atoms with E-state index in [0.29, 0.717) is 0 Å². The SMILES string of the molecule is ClSC1CCC1. The summed E-state index contributed by atoms with van der Waals surface area (Å²) in [5.41, 5.74) is 0. The molecule has 0 amide bonds. The lowest BCUT2D eigenvalue weighted by molar-refractivity contribution is 0.524. The first-order valence-electron chi connectivity index (χ1n) is 2.21. The summed E-state index contributed by atoms with van der Waals surface area (Å²) in [5, 5.41) is 0.798. The Morgan fingerprint density at radius 2 is 2.17 bits per heavy atom. The first kappa shape index (κ1) is 4.79. The number of rotatable bonds is 1. The van der Waals surface area contributed by atoms with Crippen molar-refractivity contribution in [3.63, 3.8) is 0 Å². The summed E-state index contributed by atoms with van der Waals surface area (Å²) < 4.78 is 0. The van der Waals surface area contributed by atoms with Crippen molar-refractivity contribution in [2.24, 2.45) is 0 Å². The van der Waals surface area contributed by atoms with Gasteiger partial charge in [-0.25, -0.2) is 0 Å². The molecular formula is C4H7ClS. The molecule has 36 valence electrons. The molecule has 0 nitrogen and oxygen atoms in total. The monoisotopic (exact) mass is 122 g/mol. The molecule has 1 rings (SSSR count). The zero-order chi connectivity index (χ0) is 4.41. The molecule has 0 atom stereocenters. The van der Waals surface area contributed by atoms with Gasteiger partial charge in [0.15, 0.2) is 0 Å². The maximum atomic E-state index is 5.42. The average Bonchev–Trinajstić information content (AvgIpc) is 1.31. The summed E-state index contributed by atoms with van der Waals surface area (Å²) in [6.07, 6.45) is 4.08. The summed E-state index contributed by atoms with van der Waals surface area (Å²) >= 11 is 0. The van der Waals surface area contributed by atoms with E-state index >= 15 is 0 Å². The fourth-order valence-corrected chi connectivity index (χ4v) is 1.51. The van der Waals surface area contributed by atoms with E-state index in [1.807, 2.05) is 0 Å². The molecule has 0 spiro atoms. The maximum absolute atomic E-state index is 5.42. The third kappa shape index (κ3) is 0.824. The van der Waals surface area contributed by atoms with Gasteiger partial charge in [0, 0.05) is 5.25 Å². The summed E-state index contributed by atoms with van der Waals surface area (Å²) in [4.78, 5) is 0. The molecule has 0 unspecified atom stereocenters. The zero-order valence-electron chi connectivity index (χ0n) is 3.48. The molecule has 1 aliphatic rings. The standard InChI is InChI=1S/C4H7ClS/c5-6-4-2-1-3-4/h4H,1-3H2. The Bertz CT molecular complexity index is 40.1. The van der Waals surface area contributed by atoms with E-state index in [2.05, 4.69) is 0 Å². The van der Waals surface area contributed by atoms with Crippen LogP contribution >= 0.6 is 21.7 Å². The van der Waals surface area contributed by atoms with Crippen LogP contribution in [0.4, 0.5) is 0 Å². The second-order valence-corrected chi connectivity index (χ2v) is 3.02. The minimum Gasteiger partial charge on any atom is -0.0524 e. The van der Waals surface area contributed by atoms with Crippen LogP contribution in [-0.2, 0) is 0 Å². The van der Waals surface area contributed by atoms with Gasteiger partial charge in [-0.1, -0.05) is 17.4 Å². The molecule has 0 bridgehead atoms. The van der Waals surface area contributed by atoms with Crippen LogP contribution in [0, 0.1) is 0 Å². The fourth-order valence-electron chi connectivity index (χ4n) is 0.460. The van der Waals surface area contributed by atoms with Gasteiger partial charge in [0.25, 0.3) is 0 Å². The van der Waals surface area contributed by atoms with Crippen molar-refractivity contribution in [1.29, 1.82) is 0 Å². The molecule has 0 aromatic rings. The van der Waals surface area contributed by atoms with Crippen molar-refractivity contribution < 1.29 is 0 Å². The summed E-state index contributed by atoms with van der Waals surface area (Å²) in [6, 6.07) is 0. The Kier molecular flexibility index (Phi) is 1.66. The van der Waals surface area contributed by atoms with E-state index in [0.717, 1.165) is 5.25 Å². The lowest BCUT2D eigenvalue weighted by Gasteiger charge is -2.20. The molecule has 0 aromatic heterocycles. The molecule has 1 aliphatic carbocycles. The van der Waals surface area contributed by atoms with Gasteiger partial charge in [0.05, 0.1) is 0 Å². The summed E-state index contributed by atoms with van der Waals surface area (Å²) in [7, 11) is 6.90. The highest BCUT2D eigenvalue weighted by atomic mass is 35.7. The van der Waals surface area contributed by atoms with Crippen LogP contribution in [0.1, 0.15) is 19.3 Å². The van der Waals surface area contributed by atoms with Crippen LogP contribution in [0.2, 0.25) is 0 Å². The minimum atomic E-state index is 0.798. The molecule has 0 aromatic carbocycles. The Labute approximate surface area is 46.8 Å². The normalized spacial score (nSPS) is 23.5. The van der Waals surface area contributed by atoms with E-state index in [9.17, 15) is 0 Å². The minimum absolute atomic E-state index is 0.798. The van der Waals surface area contributed by atoms with E-state index in [-0.39, 0.29) is 0 Å². The molecule has 2 heteroatoms. The summed E-state index contributed by atoms with van der Waals surface area (Å²) in [5.74, 6) is 0. The Morgan fingerprint density at radius 3 is 2.17 bits per heavy atom. The third-order valence-corrected chi connectivity index (χ3v) is 2.66. The molecule has 0 N–H and O–H groups in total. The fraction of sp³-hybridized carbons (Fsp3) is 1.00. The first-order chi connectivity index (χ1) is 2.93. The van der Waals surface area contributed by atoms with E-state index in [4.69, 9.17) is 10.7 Å². The van der Waals surface area contributed by atoms with Crippen LogP contribution in [-0.4, -0.2) is 5.25 Å². The lowest BCUT2D eigenvalue weighted by Crippen LogP contribution is -2.10. The molecule has 1 fully saturated rings. The number of hydrogen-bond donors (Lipinski definition) is 0. The van der Waals surface area contributed by atoms with E-state index in [1.54, 1.807) is 0 Å². The van der Waals surface area contributed by atoms with Crippen molar-refractivity contribution in [2.45, 2.75) is 24.5 Å². The molecule has 6 heavy (non-hydrogen) atoms.